The van der Waals surface area contributed by atoms with Crippen molar-refractivity contribution in [1.82, 2.24) is 5.32 Å². The Kier molecular flexibility index (Phi) is 5.37. The highest BCUT2D eigenvalue weighted by atomic mass is 19.1. The van der Waals surface area contributed by atoms with Crippen LogP contribution in [0.3, 0.4) is 0 Å². The number of amides is 1. The van der Waals surface area contributed by atoms with E-state index in [1.807, 2.05) is 0 Å². The first-order valence-electron chi connectivity index (χ1n) is 5.93. The number of nitrogens with one attached hydrogen (secondary N) is 1. The number of hydrogen-bond acceptors (Lipinski definition) is 2. The number of aliphatic carboxylic acids is 1. The van der Waals surface area contributed by atoms with Gasteiger partial charge in [-0.15, -0.1) is 0 Å². The molecule has 4 nitrogen and oxygen atoms in total. The van der Waals surface area contributed by atoms with Crippen molar-refractivity contribution >= 4 is 11.9 Å². The predicted octanol–water partition coefficient (Wildman–Crippen LogP) is 2.50. The molecule has 1 aromatic rings. The number of carboxylic acid groups (broad SMARTS) is 1. The highest BCUT2D eigenvalue weighted by Gasteiger charge is 2.21. The molecule has 20 heavy (non-hydrogen) atoms. The second-order valence-electron chi connectivity index (χ2n) is 4.51. The fourth-order valence-corrected chi connectivity index (χ4v) is 1.48. The maximum atomic E-state index is 13.4. The van der Waals surface area contributed by atoms with E-state index in [2.05, 4.69) is 5.32 Å². The molecule has 0 radical (unpaired) electrons. The van der Waals surface area contributed by atoms with Crippen LogP contribution in [0.15, 0.2) is 29.8 Å². The van der Waals surface area contributed by atoms with Gasteiger partial charge in [0.2, 0.25) is 0 Å². The van der Waals surface area contributed by atoms with E-state index >= 15 is 0 Å². The second-order valence-corrected chi connectivity index (χ2v) is 4.51. The van der Waals surface area contributed by atoms with Gasteiger partial charge in [-0.25, -0.2) is 13.6 Å². The van der Waals surface area contributed by atoms with Gasteiger partial charge in [0, 0.05) is 6.07 Å². The van der Waals surface area contributed by atoms with Gasteiger partial charge in [0.1, 0.15) is 17.7 Å². The zero-order valence-corrected chi connectivity index (χ0v) is 11.1. The molecule has 0 aromatic heterocycles. The smallest absolute Gasteiger partial charge is 0.326 e. The highest BCUT2D eigenvalue weighted by Crippen LogP contribution is 2.10. The van der Waals surface area contributed by atoms with E-state index in [0.717, 1.165) is 17.7 Å². The fraction of sp³-hybridized carbons (Fsp3) is 0.286. The lowest BCUT2D eigenvalue weighted by Gasteiger charge is -2.13. The third-order valence-corrected chi connectivity index (χ3v) is 2.54. The molecule has 0 aliphatic rings. The van der Waals surface area contributed by atoms with Crippen LogP contribution < -0.4 is 5.32 Å². The van der Waals surface area contributed by atoms with Gasteiger partial charge >= 0.3 is 5.97 Å². The van der Waals surface area contributed by atoms with Gasteiger partial charge in [0.15, 0.2) is 0 Å². The molecule has 0 bridgehead atoms. The average molecular weight is 283 g/mol. The molecule has 0 spiro atoms. The summed E-state index contributed by atoms with van der Waals surface area (Å²) >= 11 is 0. The summed E-state index contributed by atoms with van der Waals surface area (Å²) in [6.45, 7) is 3.58. The summed E-state index contributed by atoms with van der Waals surface area (Å²) < 4.78 is 26.1. The van der Waals surface area contributed by atoms with Crippen LogP contribution in [-0.2, 0) is 4.79 Å². The molecule has 1 rings (SSSR count). The molecule has 1 amide bonds. The number of carbonyl (C=O) groups is 2. The summed E-state index contributed by atoms with van der Waals surface area (Å²) in [6, 6.07) is 1.31. The molecule has 0 heterocycles. The summed E-state index contributed by atoms with van der Waals surface area (Å²) in [5.41, 5.74) is 0.508. The second kappa shape index (κ2) is 6.79. The van der Waals surface area contributed by atoms with Crippen LogP contribution in [0.2, 0.25) is 0 Å². The summed E-state index contributed by atoms with van der Waals surface area (Å²) in [5, 5.41) is 11.2. The number of rotatable bonds is 5. The van der Waals surface area contributed by atoms with E-state index in [-0.39, 0.29) is 6.42 Å². The molecule has 0 saturated carbocycles. The standard InChI is InChI=1S/C14H15F2NO3/c1-8(2)3-6-12(14(19)20)17-13(18)10-5-4-9(15)7-11(10)16/h3-5,7,12H,6H2,1-2H3,(H,17,18)(H,19,20)/t12-/m1/s1. The third kappa shape index (κ3) is 4.46. The van der Waals surface area contributed by atoms with Crippen molar-refractivity contribution in [3.8, 4) is 0 Å². The van der Waals surface area contributed by atoms with Gasteiger partial charge in [-0.3, -0.25) is 4.79 Å². The molecule has 0 fully saturated rings. The quantitative estimate of drug-likeness (QED) is 0.816. The van der Waals surface area contributed by atoms with Gasteiger partial charge in [-0.2, -0.15) is 0 Å². The van der Waals surface area contributed by atoms with Crippen molar-refractivity contribution in [2.24, 2.45) is 0 Å². The number of benzene rings is 1. The molecule has 1 atom stereocenters. The van der Waals surface area contributed by atoms with E-state index in [0.29, 0.717) is 6.07 Å². The molecule has 0 aliphatic heterocycles. The molecule has 108 valence electrons. The van der Waals surface area contributed by atoms with Crippen molar-refractivity contribution in [2.45, 2.75) is 26.3 Å². The minimum absolute atomic E-state index is 0.0895. The van der Waals surface area contributed by atoms with Crippen LogP contribution in [0.4, 0.5) is 8.78 Å². The first-order valence-corrected chi connectivity index (χ1v) is 5.93. The monoisotopic (exact) mass is 283 g/mol. The van der Waals surface area contributed by atoms with Crippen molar-refractivity contribution in [1.29, 1.82) is 0 Å². The van der Waals surface area contributed by atoms with Crippen LogP contribution in [0.5, 0.6) is 0 Å². The number of halogens is 2. The van der Waals surface area contributed by atoms with Gasteiger partial charge in [-0.1, -0.05) is 11.6 Å². The van der Waals surface area contributed by atoms with Gasteiger partial charge in [0.05, 0.1) is 5.56 Å². The molecule has 1 aromatic carbocycles. The summed E-state index contributed by atoms with van der Waals surface area (Å²) in [5.74, 6) is -3.96. The van der Waals surface area contributed by atoms with Gasteiger partial charge < -0.3 is 10.4 Å². The lowest BCUT2D eigenvalue weighted by atomic mass is 10.1. The molecular formula is C14H15F2NO3. The zero-order valence-electron chi connectivity index (χ0n) is 11.1. The number of allylic oxidation sites excluding steroid dienone is 1. The minimum Gasteiger partial charge on any atom is -0.480 e. The maximum Gasteiger partial charge on any atom is 0.326 e. The van der Waals surface area contributed by atoms with Crippen LogP contribution in [0.1, 0.15) is 30.6 Å². The topological polar surface area (TPSA) is 66.4 Å². The van der Waals surface area contributed by atoms with E-state index in [1.54, 1.807) is 19.9 Å². The lowest BCUT2D eigenvalue weighted by Crippen LogP contribution is -2.40. The maximum absolute atomic E-state index is 13.4. The number of carbonyl (C=O) groups excluding carboxylic acids is 1. The predicted molar refractivity (Wildman–Crippen MR) is 69.3 cm³/mol. The summed E-state index contributed by atoms with van der Waals surface area (Å²) in [6.07, 6.45) is 1.74. The van der Waals surface area contributed by atoms with Crippen molar-refractivity contribution in [3.63, 3.8) is 0 Å². The summed E-state index contributed by atoms with van der Waals surface area (Å²) in [4.78, 5) is 22.8. The first-order chi connectivity index (χ1) is 9.31. The molecule has 2 N–H and O–H groups in total. The third-order valence-electron chi connectivity index (χ3n) is 2.54. The Morgan fingerprint density at radius 2 is 2.00 bits per heavy atom. The number of hydrogen-bond donors (Lipinski definition) is 2. The van der Waals surface area contributed by atoms with Gasteiger partial charge in [0.25, 0.3) is 5.91 Å². The van der Waals surface area contributed by atoms with Gasteiger partial charge in [-0.05, 0) is 32.4 Å². The molecule has 0 unspecified atom stereocenters. The Morgan fingerprint density at radius 1 is 1.35 bits per heavy atom. The van der Waals surface area contributed by atoms with Crippen molar-refractivity contribution in [2.75, 3.05) is 0 Å². The zero-order chi connectivity index (χ0) is 15.3. The first kappa shape index (κ1) is 15.8. The van der Waals surface area contributed by atoms with Crippen LogP contribution >= 0.6 is 0 Å². The summed E-state index contributed by atoms with van der Waals surface area (Å²) in [7, 11) is 0. The Hall–Kier alpha value is -2.24. The fourth-order valence-electron chi connectivity index (χ4n) is 1.48. The molecule has 6 heteroatoms. The van der Waals surface area contributed by atoms with E-state index in [4.69, 9.17) is 5.11 Å². The Labute approximate surface area is 115 Å². The molecule has 0 saturated heterocycles. The van der Waals surface area contributed by atoms with Crippen LogP contribution in [0.25, 0.3) is 0 Å². The Balaban J connectivity index is 2.85. The van der Waals surface area contributed by atoms with E-state index < -0.39 is 35.1 Å². The van der Waals surface area contributed by atoms with Crippen molar-refractivity contribution in [3.05, 3.63) is 47.0 Å². The SMILES string of the molecule is CC(C)=CC[C@@H](NC(=O)c1ccc(F)cc1F)C(=O)O. The van der Waals surface area contributed by atoms with Crippen molar-refractivity contribution < 1.29 is 23.5 Å². The Morgan fingerprint density at radius 3 is 2.50 bits per heavy atom. The molecular weight excluding hydrogens is 268 g/mol. The molecule has 0 aliphatic carbocycles. The van der Waals surface area contributed by atoms with Crippen LogP contribution in [0, 0.1) is 11.6 Å². The highest BCUT2D eigenvalue weighted by molar-refractivity contribution is 5.96. The number of carboxylic acids is 1. The lowest BCUT2D eigenvalue weighted by molar-refractivity contribution is -0.139. The van der Waals surface area contributed by atoms with E-state index in [1.165, 1.54) is 0 Å². The largest absolute Gasteiger partial charge is 0.480 e. The average Bonchev–Trinajstić information content (AvgIpc) is 2.33. The Bertz CT molecular complexity index is 551. The van der Waals surface area contributed by atoms with Crippen LogP contribution in [-0.4, -0.2) is 23.0 Å². The van der Waals surface area contributed by atoms with E-state index in [9.17, 15) is 18.4 Å². The normalized spacial score (nSPS) is 11.6. The minimum atomic E-state index is -1.22.